The molecule has 0 saturated carbocycles. The van der Waals surface area contributed by atoms with Gasteiger partial charge in [0.2, 0.25) is 5.95 Å². The maximum atomic E-state index is 14.1. The first-order valence-corrected chi connectivity index (χ1v) is 9.29. The van der Waals surface area contributed by atoms with Crippen molar-refractivity contribution in [2.45, 2.75) is 6.18 Å². The van der Waals surface area contributed by atoms with E-state index >= 15 is 0 Å². The van der Waals surface area contributed by atoms with E-state index in [1.165, 1.54) is 31.3 Å². The Hall–Kier alpha value is -3.11. The number of nitrogens with zero attached hydrogens (tertiary/aromatic N) is 2. The summed E-state index contributed by atoms with van der Waals surface area (Å²) in [4.78, 5) is 19.4. The fourth-order valence-electron chi connectivity index (χ4n) is 2.51. The standard InChI is InChI=1S/C19H13Cl2F4N5O/c1-26-17(31)11-4-2-10(7-14(11)21)29-18-27-8-15(22)16(30-18)28-9-3-5-13(20)12(6-9)19(23,24)25/h2-8H,1H3,(H,26,31)(H2,27,28,29,30). The molecule has 3 N–H and O–H groups in total. The number of halogens is 6. The van der Waals surface area contributed by atoms with E-state index in [-0.39, 0.29) is 33.9 Å². The first-order chi connectivity index (χ1) is 14.6. The maximum Gasteiger partial charge on any atom is 0.417 e. The Morgan fingerprint density at radius 3 is 2.32 bits per heavy atom. The SMILES string of the molecule is CNC(=O)c1ccc(Nc2ncc(F)c(Nc3ccc(Cl)c(C(F)(F)F)c3)n2)cc1Cl. The number of nitrogens with one attached hydrogen (secondary N) is 3. The fourth-order valence-corrected chi connectivity index (χ4v) is 3.00. The molecule has 1 aromatic heterocycles. The predicted molar refractivity (Wildman–Crippen MR) is 110 cm³/mol. The Morgan fingerprint density at radius 2 is 1.68 bits per heavy atom. The molecule has 1 heterocycles. The lowest BCUT2D eigenvalue weighted by Crippen LogP contribution is -2.18. The molecule has 3 aromatic rings. The predicted octanol–water partition coefficient (Wildman–Crippen LogP) is 5.79. The highest BCUT2D eigenvalue weighted by atomic mass is 35.5. The number of benzene rings is 2. The van der Waals surface area contributed by atoms with Crippen LogP contribution in [0.2, 0.25) is 10.0 Å². The van der Waals surface area contributed by atoms with E-state index in [0.29, 0.717) is 5.69 Å². The summed E-state index contributed by atoms with van der Waals surface area (Å²) in [5.41, 5.74) is -0.488. The summed E-state index contributed by atoms with van der Waals surface area (Å²) in [6, 6.07) is 7.49. The second-order valence-electron chi connectivity index (χ2n) is 6.11. The van der Waals surface area contributed by atoms with E-state index in [0.717, 1.165) is 18.3 Å². The van der Waals surface area contributed by atoms with Gasteiger partial charge in [0, 0.05) is 18.4 Å². The highest BCUT2D eigenvalue weighted by Crippen LogP contribution is 2.36. The number of carbonyl (C=O) groups is 1. The minimum atomic E-state index is -4.67. The topological polar surface area (TPSA) is 78.9 Å². The van der Waals surface area contributed by atoms with Crippen LogP contribution in [0.25, 0.3) is 0 Å². The summed E-state index contributed by atoms with van der Waals surface area (Å²) in [6.07, 6.45) is -3.83. The van der Waals surface area contributed by atoms with Crippen LogP contribution in [-0.2, 0) is 6.18 Å². The van der Waals surface area contributed by atoms with Crippen LogP contribution in [0.3, 0.4) is 0 Å². The number of hydrogen-bond donors (Lipinski definition) is 3. The molecule has 0 aliphatic carbocycles. The van der Waals surface area contributed by atoms with Gasteiger partial charge in [0.1, 0.15) is 0 Å². The Kier molecular flexibility index (Phi) is 6.51. The summed E-state index contributed by atoms with van der Waals surface area (Å²) < 4.78 is 53.2. The molecule has 6 nitrogen and oxygen atoms in total. The van der Waals surface area contributed by atoms with Crippen molar-refractivity contribution in [3.05, 3.63) is 69.6 Å². The van der Waals surface area contributed by atoms with Crippen molar-refractivity contribution in [1.82, 2.24) is 15.3 Å². The zero-order valence-electron chi connectivity index (χ0n) is 15.6. The van der Waals surface area contributed by atoms with Crippen LogP contribution in [0, 0.1) is 5.82 Å². The van der Waals surface area contributed by atoms with Crippen molar-refractivity contribution < 1.29 is 22.4 Å². The second kappa shape index (κ2) is 8.94. The minimum absolute atomic E-state index is 0.0577. The van der Waals surface area contributed by atoms with Crippen LogP contribution in [0.1, 0.15) is 15.9 Å². The van der Waals surface area contributed by atoms with Gasteiger partial charge in [-0.25, -0.2) is 9.37 Å². The molecule has 31 heavy (non-hydrogen) atoms. The van der Waals surface area contributed by atoms with Gasteiger partial charge in [0.15, 0.2) is 11.6 Å². The van der Waals surface area contributed by atoms with Gasteiger partial charge < -0.3 is 16.0 Å². The number of amides is 1. The lowest BCUT2D eigenvalue weighted by atomic mass is 10.2. The average molecular weight is 474 g/mol. The van der Waals surface area contributed by atoms with Crippen molar-refractivity contribution in [1.29, 1.82) is 0 Å². The third kappa shape index (κ3) is 5.33. The number of anilines is 4. The number of hydrogen-bond acceptors (Lipinski definition) is 5. The van der Waals surface area contributed by atoms with Crippen molar-refractivity contribution in [3.63, 3.8) is 0 Å². The zero-order chi connectivity index (χ0) is 22.8. The average Bonchev–Trinajstić information content (AvgIpc) is 2.70. The normalized spacial score (nSPS) is 11.2. The molecule has 0 spiro atoms. The van der Waals surface area contributed by atoms with E-state index in [1.807, 2.05) is 0 Å². The molecule has 0 fully saturated rings. The van der Waals surface area contributed by atoms with Crippen LogP contribution in [0.15, 0.2) is 42.6 Å². The van der Waals surface area contributed by atoms with Crippen LogP contribution in [0.4, 0.5) is 40.7 Å². The van der Waals surface area contributed by atoms with Crippen molar-refractivity contribution in [2.24, 2.45) is 0 Å². The Balaban J connectivity index is 1.85. The molecular formula is C19H13Cl2F4N5O. The summed E-state index contributed by atoms with van der Waals surface area (Å²) in [7, 11) is 1.46. The fraction of sp³-hybridized carbons (Fsp3) is 0.105. The van der Waals surface area contributed by atoms with Crippen molar-refractivity contribution in [2.75, 3.05) is 17.7 Å². The van der Waals surface area contributed by atoms with Crippen LogP contribution >= 0.6 is 23.2 Å². The highest BCUT2D eigenvalue weighted by Gasteiger charge is 2.33. The van der Waals surface area contributed by atoms with Crippen LogP contribution < -0.4 is 16.0 Å². The van der Waals surface area contributed by atoms with E-state index in [2.05, 4.69) is 25.9 Å². The molecule has 12 heteroatoms. The largest absolute Gasteiger partial charge is 0.417 e. The van der Waals surface area contributed by atoms with Crippen LogP contribution in [-0.4, -0.2) is 22.9 Å². The van der Waals surface area contributed by atoms with Gasteiger partial charge in [-0.1, -0.05) is 23.2 Å². The summed E-state index contributed by atoms with van der Waals surface area (Å²) in [5, 5.41) is 7.38. The molecule has 0 saturated heterocycles. The third-order valence-corrected chi connectivity index (χ3v) is 4.62. The van der Waals surface area contributed by atoms with E-state index < -0.39 is 22.6 Å². The molecule has 0 atom stereocenters. The van der Waals surface area contributed by atoms with Gasteiger partial charge in [-0.05, 0) is 36.4 Å². The van der Waals surface area contributed by atoms with Gasteiger partial charge in [-0.2, -0.15) is 18.2 Å². The molecule has 0 radical (unpaired) electrons. The van der Waals surface area contributed by atoms with E-state index in [4.69, 9.17) is 23.2 Å². The van der Waals surface area contributed by atoms with E-state index in [9.17, 15) is 22.4 Å². The Morgan fingerprint density at radius 1 is 1.00 bits per heavy atom. The van der Waals surface area contributed by atoms with Crippen molar-refractivity contribution >= 4 is 52.3 Å². The molecule has 0 bridgehead atoms. The molecule has 0 aliphatic heterocycles. The quantitative estimate of drug-likeness (QED) is 0.408. The Labute approximate surface area is 183 Å². The third-order valence-electron chi connectivity index (χ3n) is 3.98. The summed E-state index contributed by atoms with van der Waals surface area (Å²) >= 11 is 11.7. The number of aromatic nitrogens is 2. The van der Waals surface area contributed by atoms with Gasteiger partial charge in [-0.15, -0.1) is 0 Å². The number of rotatable bonds is 5. The molecular weight excluding hydrogens is 461 g/mol. The lowest BCUT2D eigenvalue weighted by molar-refractivity contribution is -0.137. The first-order valence-electron chi connectivity index (χ1n) is 8.53. The number of carbonyl (C=O) groups excluding carboxylic acids is 1. The number of alkyl halides is 3. The monoisotopic (exact) mass is 473 g/mol. The Bertz CT molecular complexity index is 1140. The molecule has 162 valence electrons. The maximum absolute atomic E-state index is 14.1. The minimum Gasteiger partial charge on any atom is -0.355 e. The first kappa shape index (κ1) is 22.6. The molecule has 2 aromatic carbocycles. The lowest BCUT2D eigenvalue weighted by Gasteiger charge is -2.13. The van der Waals surface area contributed by atoms with E-state index in [1.54, 1.807) is 0 Å². The summed E-state index contributed by atoms with van der Waals surface area (Å²) in [6.45, 7) is 0. The van der Waals surface area contributed by atoms with Crippen molar-refractivity contribution in [3.8, 4) is 0 Å². The van der Waals surface area contributed by atoms with Crippen LogP contribution in [0.5, 0.6) is 0 Å². The molecule has 0 unspecified atom stereocenters. The second-order valence-corrected chi connectivity index (χ2v) is 6.92. The van der Waals surface area contributed by atoms with Gasteiger partial charge in [-0.3, -0.25) is 4.79 Å². The smallest absolute Gasteiger partial charge is 0.355 e. The molecule has 0 aliphatic rings. The van der Waals surface area contributed by atoms with Gasteiger partial charge in [0.05, 0.1) is 27.4 Å². The van der Waals surface area contributed by atoms with Gasteiger partial charge >= 0.3 is 6.18 Å². The zero-order valence-corrected chi connectivity index (χ0v) is 17.1. The molecule has 1 amide bonds. The molecule has 3 rings (SSSR count). The van der Waals surface area contributed by atoms with Gasteiger partial charge in [0.25, 0.3) is 5.91 Å². The summed E-state index contributed by atoms with van der Waals surface area (Å²) in [5.74, 6) is -1.68. The highest BCUT2D eigenvalue weighted by molar-refractivity contribution is 6.34.